The number of nitrogens with one attached hydrogen (secondary N) is 2. The van der Waals surface area contributed by atoms with Crippen molar-refractivity contribution in [2.24, 2.45) is 5.92 Å². The Hall–Kier alpha value is -1.65. The van der Waals surface area contributed by atoms with E-state index in [1.807, 2.05) is 6.07 Å². The van der Waals surface area contributed by atoms with E-state index in [9.17, 15) is 4.79 Å². The van der Waals surface area contributed by atoms with Gasteiger partial charge in [0.2, 0.25) is 5.91 Å². The normalized spacial score (nSPS) is 22.7. The molecule has 1 aromatic heterocycles. The van der Waals surface area contributed by atoms with Gasteiger partial charge in [0.15, 0.2) is 0 Å². The highest BCUT2D eigenvalue weighted by molar-refractivity contribution is 5.78. The Morgan fingerprint density at radius 2 is 1.86 bits per heavy atom. The Bertz CT molecular complexity index is 487. The molecule has 0 aliphatic heterocycles. The Morgan fingerprint density at radius 1 is 1.19 bits per heavy atom. The third kappa shape index (κ3) is 4.16. The number of carbonyl (C=O) groups is 1. The Morgan fingerprint density at radius 3 is 2.43 bits per heavy atom. The van der Waals surface area contributed by atoms with Crippen molar-refractivity contribution in [3.05, 3.63) is 18.1 Å². The summed E-state index contributed by atoms with van der Waals surface area (Å²) in [6.45, 7) is 6.44. The van der Waals surface area contributed by atoms with Crippen LogP contribution in [0.1, 0.15) is 52.1 Å². The van der Waals surface area contributed by atoms with Crippen molar-refractivity contribution >= 4 is 11.7 Å². The van der Waals surface area contributed by atoms with Gasteiger partial charge in [0.05, 0.1) is 5.69 Å². The van der Waals surface area contributed by atoms with Gasteiger partial charge in [-0.2, -0.15) is 0 Å². The molecule has 1 fully saturated rings. The molecule has 0 radical (unpaired) electrons. The molecule has 0 spiro atoms. The Balaban J connectivity index is 1.93. The van der Waals surface area contributed by atoms with E-state index in [0.717, 1.165) is 37.2 Å². The molecule has 0 aromatic carbocycles. The zero-order valence-electron chi connectivity index (χ0n) is 13.4. The van der Waals surface area contributed by atoms with Crippen molar-refractivity contribution in [1.29, 1.82) is 0 Å². The molecule has 0 saturated heterocycles. The predicted octanol–water partition coefficient (Wildman–Crippen LogP) is 2.49. The minimum atomic E-state index is 0.0241. The van der Waals surface area contributed by atoms with Gasteiger partial charge in [0, 0.05) is 30.5 Å². The second-order valence-corrected chi connectivity index (χ2v) is 6.85. The van der Waals surface area contributed by atoms with E-state index >= 15 is 0 Å². The molecule has 1 aromatic rings. The molecular weight excluding hydrogens is 264 g/mol. The summed E-state index contributed by atoms with van der Waals surface area (Å²) in [7, 11) is 1.71. The van der Waals surface area contributed by atoms with Gasteiger partial charge in [0.1, 0.15) is 12.1 Å². The number of amides is 1. The SMILES string of the molecule is CNC(=O)C1CCC(Nc2cc(C(C)(C)C)ncn2)CC1. The standard InChI is InChI=1S/C16H26N4O/c1-16(2,3)13-9-14(19-10-18-13)20-12-7-5-11(6-8-12)15(21)17-4/h9-12H,5-8H2,1-4H3,(H,17,21)(H,18,19,20). The van der Waals surface area contributed by atoms with Crippen LogP contribution in [0.25, 0.3) is 0 Å². The monoisotopic (exact) mass is 290 g/mol. The molecule has 0 atom stereocenters. The van der Waals surface area contributed by atoms with Crippen LogP contribution in [0.15, 0.2) is 12.4 Å². The van der Waals surface area contributed by atoms with E-state index in [1.54, 1.807) is 13.4 Å². The summed E-state index contributed by atoms with van der Waals surface area (Å²) in [5.74, 6) is 1.23. The maximum atomic E-state index is 11.6. The molecule has 1 amide bonds. The van der Waals surface area contributed by atoms with Crippen LogP contribution in [0.3, 0.4) is 0 Å². The Kier molecular flexibility index (Phi) is 4.80. The first-order chi connectivity index (χ1) is 9.90. The summed E-state index contributed by atoms with van der Waals surface area (Å²) in [5, 5.41) is 6.23. The fourth-order valence-electron chi connectivity index (χ4n) is 2.76. The van der Waals surface area contributed by atoms with E-state index in [-0.39, 0.29) is 17.2 Å². The molecule has 0 bridgehead atoms. The number of anilines is 1. The summed E-state index contributed by atoms with van der Waals surface area (Å²) < 4.78 is 0. The summed E-state index contributed by atoms with van der Waals surface area (Å²) >= 11 is 0. The number of hydrogen-bond acceptors (Lipinski definition) is 4. The highest BCUT2D eigenvalue weighted by Crippen LogP contribution is 2.27. The van der Waals surface area contributed by atoms with E-state index in [4.69, 9.17) is 0 Å². The number of carbonyl (C=O) groups excluding carboxylic acids is 1. The van der Waals surface area contributed by atoms with Crippen LogP contribution in [0.5, 0.6) is 0 Å². The van der Waals surface area contributed by atoms with Gasteiger partial charge in [-0.05, 0) is 25.7 Å². The predicted molar refractivity (Wildman–Crippen MR) is 84.2 cm³/mol. The first kappa shape index (κ1) is 15.7. The van der Waals surface area contributed by atoms with Gasteiger partial charge in [-0.25, -0.2) is 9.97 Å². The topological polar surface area (TPSA) is 66.9 Å². The van der Waals surface area contributed by atoms with E-state index in [2.05, 4.69) is 41.4 Å². The fraction of sp³-hybridized carbons (Fsp3) is 0.688. The lowest BCUT2D eigenvalue weighted by Gasteiger charge is -2.28. The maximum Gasteiger partial charge on any atom is 0.222 e. The molecule has 5 heteroatoms. The van der Waals surface area contributed by atoms with Gasteiger partial charge in [0.25, 0.3) is 0 Å². The van der Waals surface area contributed by atoms with Crippen LogP contribution >= 0.6 is 0 Å². The number of rotatable bonds is 3. The fourth-order valence-corrected chi connectivity index (χ4v) is 2.76. The van der Waals surface area contributed by atoms with Crippen molar-refractivity contribution < 1.29 is 4.79 Å². The highest BCUT2D eigenvalue weighted by Gasteiger charge is 2.26. The van der Waals surface area contributed by atoms with Crippen molar-refractivity contribution in [2.45, 2.75) is 57.9 Å². The third-order valence-corrected chi connectivity index (χ3v) is 4.13. The summed E-state index contributed by atoms with van der Waals surface area (Å²) in [6.07, 6.45) is 5.52. The van der Waals surface area contributed by atoms with Crippen molar-refractivity contribution in [2.75, 3.05) is 12.4 Å². The van der Waals surface area contributed by atoms with Crippen LogP contribution in [0, 0.1) is 5.92 Å². The van der Waals surface area contributed by atoms with Crippen LogP contribution in [0.4, 0.5) is 5.82 Å². The quantitative estimate of drug-likeness (QED) is 0.897. The van der Waals surface area contributed by atoms with Gasteiger partial charge in [-0.3, -0.25) is 4.79 Å². The van der Waals surface area contributed by atoms with Gasteiger partial charge in [-0.1, -0.05) is 20.8 Å². The van der Waals surface area contributed by atoms with Gasteiger partial charge < -0.3 is 10.6 Å². The minimum absolute atomic E-state index is 0.0241. The zero-order valence-corrected chi connectivity index (χ0v) is 13.4. The van der Waals surface area contributed by atoms with E-state index in [0.29, 0.717) is 6.04 Å². The maximum absolute atomic E-state index is 11.6. The largest absolute Gasteiger partial charge is 0.367 e. The van der Waals surface area contributed by atoms with Crippen LogP contribution in [-0.4, -0.2) is 29.0 Å². The molecule has 1 heterocycles. The van der Waals surface area contributed by atoms with E-state index in [1.165, 1.54) is 0 Å². The lowest BCUT2D eigenvalue weighted by molar-refractivity contribution is -0.125. The number of aromatic nitrogens is 2. The molecule has 2 rings (SSSR count). The molecule has 1 saturated carbocycles. The van der Waals surface area contributed by atoms with Gasteiger partial charge in [-0.15, -0.1) is 0 Å². The average Bonchev–Trinajstić information content (AvgIpc) is 2.47. The molecule has 1 aliphatic rings. The molecule has 1 aliphatic carbocycles. The lowest BCUT2D eigenvalue weighted by Crippen LogP contribution is -2.34. The lowest BCUT2D eigenvalue weighted by atomic mass is 9.85. The molecular formula is C16H26N4O. The zero-order chi connectivity index (χ0) is 15.5. The van der Waals surface area contributed by atoms with Crippen molar-refractivity contribution in [3.8, 4) is 0 Å². The molecule has 2 N–H and O–H groups in total. The average molecular weight is 290 g/mol. The number of nitrogens with zero attached hydrogens (tertiary/aromatic N) is 2. The smallest absolute Gasteiger partial charge is 0.222 e. The van der Waals surface area contributed by atoms with Crippen LogP contribution in [0.2, 0.25) is 0 Å². The Labute approximate surface area is 127 Å². The molecule has 21 heavy (non-hydrogen) atoms. The highest BCUT2D eigenvalue weighted by atomic mass is 16.1. The minimum Gasteiger partial charge on any atom is -0.367 e. The molecule has 0 unspecified atom stereocenters. The van der Waals surface area contributed by atoms with Crippen molar-refractivity contribution in [1.82, 2.24) is 15.3 Å². The van der Waals surface area contributed by atoms with E-state index < -0.39 is 0 Å². The molecule has 5 nitrogen and oxygen atoms in total. The van der Waals surface area contributed by atoms with Crippen LogP contribution in [-0.2, 0) is 10.2 Å². The molecule has 116 valence electrons. The summed E-state index contributed by atoms with van der Waals surface area (Å²) in [5.41, 5.74) is 1.06. The summed E-state index contributed by atoms with van der Waals surface area (Å²) in [6, 6.07) is 2.43. The van der Waals surface area contributed by atoms with Gasteiger partial charge >= 0.3 is 0 Å². The van der Waals surface area contributed by atoms with Crippen molar-refractivity contribution in [3.63, 3.8) is 0 Å². The number of hydrogen-bond donors (Lipinski definition) is 2. The third-order valence-electron chi connectivity index (χ3n) is 4.13. The first-order valence-corrected chi connectivity index (χ1v) is 7.71. The summed E-state index contributed by atoms with van der Waals surface area (Å²) in [4.78, 5) is 20.3. The second kappa shape index (κ2) is 6.41. The second-order valence-electron chi connectivity index (χ2n) is 6.85. The van der Waals surface area contributed by atoms with Crippen LogP contribution < -0.4 is 10.6 Å². The first-order valence-electron chi connectivity index (χ1n) is 7.71.